The van der Waals surface area contributed by atoms with Gasteiger partial charge in [0.05, 0.1) is 11.5 Å². The molecule has 2 heterocycles. The molecule has 94 valence electrons. The van der Waals surface area contributed by atoms with E-state index in [1.807, 2.05) is 6.07 Å². The molecule has 0 aromatic heterocycles. The summed E-state index contributed by atoms with van der Waals surface area (Å²) in [6, 6.07) is 10.0. The van der Waals surface area contributed by atoms with Crippen molar-refractivity contribution in [3.8, 4) is 6.07 Å². The van der Waals surface area contributed by atoms with E-state index in [0.717, 1.165) is 18.4 Å². The third kappa shape index (κ3) is 1.64. The molecule has 2 atom stereocenters. The minimum atomic E-state index is -0.486. The van der Waals surface area contributed by atoms with Gasteiger partial charge in [0.25, 0.3) is 0 Å². The fraction of sp³-hybridized carbons (Fsp3) is 0.533. The van der Waals surface area contributed by atoms with Crippen molar-refractivity contribution in [2.24, 2.45) is 0 Å². The van der Waals surface area contributed by atoms with Crippen LogP contribution < -0.4 is 0 Å². The van der Waals surface area contributed by atoms with Crippen molar-refractivity contribution in [1.82, 2.24) is 4.90 Å². The molecule has 2 bridgehead atoms. The van der Waals surface area contributed by atoms with Gasteiger partial charge in [0, 0.05) is 12.1 Å². The van der Waals surface area contributed by atoms with Crippen molar-refractivity contribution >= 4 is 0 Å². The molecule has 2 unspecified atom stereocenters. The monoisotopic (exact) mass is 244 g/mol. The fourth-order valence-electron chi connectivity index (χ4n) is 3.65. The van der Waals surface area contributed by atoms with E-state index >= 15 is 0 Å². The van der Waals surface area contributed by atoms with E-state index in [0.29, 0.717) is 12.1 Å². The van der Waals surface area contributed by atoms with E-state index < -0.39 is 5.41 Å². The standard InChI is InChI=1S/C15H17FN2/c1-18-13-5-6-14(18)9-15(8-13,10-17)11-3-2-4-12(16)7-11/h2-4,7,13-14H,5-6,8-9H2,1H3. The van der Waals surface area contributed by atoms with Crippen LogP contribution in [0, 0.1) is 17.1 Å². The van der Waals surface area contributed by atoms with Gasteiger partial charge >= 0.3 is 0 Å². The fourth-order valence-corrected chi connectivity index (χ4v) is 3.65. The van der Waals surface area contributed by atoms with Crippen LogP contribution in [0.25, 0.3) is 0 Å². The molecular weight excluding hydrogens is 227 g/mol. The Morgan fingerprint density at radius 2 is 2.00 bits per heavy atom. The Bertz CT molecular complexity index is 491. The lowest BCUT2D eigenvalue weighted by Gasteiger charge is -2.41. The molecule has 0 radical (unpaired) electrons. The maximum absolute atomic E-state index is 13.4. The van der Waals surface area contributed by atoms with Crippen LogP contribution in [-0.4, -0.2) is 24.0 Å². The van der Waals surface area contributed by atoms with Gasteiger partial charge in [-0.1, -0.05) is 12.1 Å². The molecule has 2 aliphatic heterocycles. The molecule has 1 aromatic rings. The Labute approximate surface area is 107 Å². The molecule has 18 heavy (non-hydrogen) atoms. The van der Waals surface area contributed by atoms with Gasteiger partial charge in [-0.25, -0.2) is 4.39 Å². The molecule has 2 aliphatic rings. The van der Waals surface area contributed by atoms with Crippen LogP contribution in [0.3, 0.4) is 0 Å². The predicted octanol–water partition coefficient (Wildman–Crippen LogP) is 2.84. The lowest BCUT2D eigenvalue weighted by molar-refractivity contribution is 0.135. The first-order chi connectivity index (χ1) is 8.64. The van der Waals surface area contributed by atoms with Gasteiger partial charge in [-0.05, 0) is 50.4 Å². The summed E-state index contributed by atoms with van der Waals surface area (Å²) in [5, 5.41) is 9.64. The first-order valence-corrected chi connectivity index (χ1v) is 6.54. The third-order valence-corrected chi connectivity index (χ3v) is 4.74. The summed E-state index contributed by atoms with van der Waals surface area (Å²) in [5.41, 5.74) is 0.371. The summed E-state index contributed by atoms with van der Waals surface area (Å²) in [6.45, 7) is 0. The van der Waals surface area contributed by atoms with Crippen LogP contribution in [0.5, 0.6) is 0 Å². The highest BCUT2D eigenvalue weighted by Crippen LogP contribution is 2.46. The number of nitrogens with zero attached hydrogens (tertiary/aromatic N) is 2. The van der Waals surface area contributed by atoms with Gasteiger partial charge in [-0.15, -0.1) is 0 Å². The van der Waals surface area contributed by atoms with Crippen LogP contribution in [0.4, 0.5) is 4.39 Å². The highest BCUT2D eigenvalue weighted by atomic mass is 19.1. The van der Waals surface area contributed by atoms with E-state index in [1.54, 1.807) is 6.07 Å². The average Bonchev–Trinajstić information content (AvgIpc) is 2.62. The summed E-state index contributed by atoms with van der Waals surface area (Å²) in [6.07, 6.45) is 4.00. The van der Waals surface area contributed by atoms with Crippen molar-refractivity contribution in [3.63, 3.8) is 0 Å². The zero-order valence-corrected chi connectivity index (χ0v) is 10.6. The highest BCUT2D eigenvalue weighted by molar-refractivity contribution is 5.35. The van der Waals surface area contributed by atoms with Gasteiger partial charge in [0.15, 0.2) is 0 Å². The molecule has 2 saturated heterocycles. The molecular formula is C15H17FN2. The van der Waals surface area contributed by atoms with E-state index in [9.17, 15) is 9.65 Å². The molecule has 1 aromatic carbocycles. The lowest BCUT2D eigenvalue weighted by Crippen LogP contribution is -2.47. The van der Waals surface area contributed by atoms with Crippen LogP contribution in [0.2, 0.25) is 0 Å². The van der Waals surface area contributed by atoms with Gasteiger partial charge in [0.1, 0.15) is 5.82 Å². The number of halogens is 1. The summed E-state index contributed by atoms with van der Waals surface area (Å²) in [4.78, 5) is 2.40. The van der Waals surface area contributed by atoms with E-state index in [4.69, 9.17) is 0 Å². The maximum atomic E-state index is 13.4. The van der Waals surface area contributed by atoms with Crippen LogP contribution in [0.1, 0.15) is 31.2 Å². The Kier molecular flexibility index (Phi) is 2.64. The Morgan fingerprint density at radius 3 is 2.56 bits per heavy atom. The molecule has 2 fully saturated rings. The van der Waals surface area contributed by atoms with Gasteiger partial charge in [0.2, 0.25) is 0 Å². The summed E-state index contributed by atoms with van der Waals surface area (Å²) >= 11 is 0. The van der Waals surface area contributed by atoms with Crippen molar-refractivity contribution in [3.05, 3.63) is 35.6 Å². The smallest absolute Gasteiger partial charge is 0.123 e. The van der Waals surface area contributed by atoms with Gasteiger partial charge < -0.3 is 4.90 Å². The predicted molar refractivity (Wildman–Crippen MR) is 67.5 cm³/mol. The third-order valence-electron chi connectivity index (χ3n) is 4.74. The summed E-state index contributed by atoms with van der Waals surface area (Å²) in [5.74, 6) is -0.242. The number of nitriles is 1. The molecule has 0 amide bonds. The summed E-state index contributed by atoms with van der Waals surface area (Å²) < 4.78 is 13.4. The zero-order valence-electron chi connectivity index (χ0n) is 10.6. The second kappa shape index (κ2) is 4.07. The molecule has 0 N–H and O–H groups in total. The van der Waals surface area contributed by atoms with E-state index in [-0.39, 0.29) is 5.82 Å². The van der Waals surface area contributed by atoms with Gasteiger partial charge in [-0.3, -0.25) is 0 Å². The maximum Gasteiger partial charge on any atom is 0.123 e. The van der Waals surface area contributed by atoms with Crippen molar-refractivity contribution in [2.45, 2.75) is 43.2 Å². The Morgan fingerprint density at radius 1 is 1.33 bits per heavy atom. The SMILES string of the molecule is CN1C2CCC1CC(C#N)(c1cccc(F)c1)C2. The average molecular weight is 244 g/mol. The minimum Gasteiger partial charge on any atom is -0.300 e. The van der Waals surface area contributed by atoms with Crippen molar-refractivity contribution < 1.29 is 4.39 Å². The minimum absolute atomic E-state index is 0.242. The van der Waals surface area contributed by atoms with E-state index in [1.165, 1.54) is 25.0 Å². The first kappa shape index (κ1) is 11.7. The van der Waals surface area contributed by atoms with Gasteiger partial charge in [-0.2, -0.15) is 5.26 Å². The van der Waals surface area contributed by atoms with Crippen LogP contribution in [0.15, 0.2) is 24.3 Å². The first-order valence-electron chi connectivity index (χ1n) is 6.54. The molecule has 3 rings (SSSR count). The number of benzene rings is 1. The van der Waals surface area contributed by atoms with E-state index in [2.05, 4.69) is 18.0 Å². The highest BCUT2D eigenvalue weighted by Gasteiger charge is 2.48. The van der Waals surface area contributed by atoms with Crippen LogP contribution >= 0.6 is 0 Å². The second-order valence-electron chi connectivity index (χ2n) is 5.66. The quantitative estimate of drug-likeness (QED) is 0.759. The molecule has 2 nitrogen and oxygen atoms in total. The topological polar surface area (TPSA) is 27.0 Å². The number of fused-ring (bicyclic) bond motifs is 2. The van der Waals surface area contributed by atoms with Crippen molar-refractivity contribution in [1.29, 1.82) is 5.26 Å². The normalized spacial score (nSPS) is 35.4. The number of rotatable bonds is 1. The zero-order chi connectivity index (χ0) is 12.8. The number of hydrogen-bond donors (Lipinski definition) is 0. The Balaban J connectivity index is 2.00. The molecule has 3 heteroatoms. The van der Waals surface area contributed by atoms with Crippen molar-refractivity contribution in [2.75, 3.05) is 7.05 Å². The molecule has 0 spiro atoms. The molecule has 0 aliphatic carbocycles. The molecule has 0 saturated carbocycles. The second-order valence-corrected chi connectivity index (χ2v) is 5.66. The lowest BCUT2D eigenvalue weighted by atomic mass is 9.71. The van der Waals surface area contributed by atoms with Crippen LogP contribution in [-0.2, 0) is 5.41 Å². The number of piperidine rings is 1. The summed E-state index contributed by atoms with van der Waals surface area (Å²) in [7, 11) is 2.15. The largest absolute Gasteiger partial charge is 0.300 e. The Hall–Kier alpha value is -1.40. The number of hydrogen-bond acceptors (Lipinski definition) is 2.